The summed E-state index contributed by atoms with van der Waals surface area (Å²) in [5.74, 6) is 0. The van der Waals surface area contributed by atoms with Gasteiger partial charge in [-0.2, -0.15) is 0 Å². The van der Waals surface area contributed by atoms with Gasteiger partial charge in [0.1, 0.15) is 0 Å². The Balaban J connectivity index is 2.63. The first-order chi connectivity index (χ1) is 5.48. The van der Waals surface area contributed by atoms with E-state index in [1.54, 1.807) is 0 Å². The van der Waals surface area contributed by atoms with Crippen LogP contribution in [0.1, 0.15) is 40.0 Å². The van der Waals surface area contributed by atoms with E-state index < -0.39 is 0 Å². The van der Waals surface area contributed by atoms with Crippen LogP contribution in [-0.4, -0.2) is 17.8 Å². The Morgan fingerprint density at radius 3 is 2.25 bits per heavy atom. The molecule has 1 aliphatic carbocycles. The standard InChI is InChI=1S/C10H21NO/c1-4-9(2,3)8(12)10(7-11)5-6-10/h8,12H,4-7,11H2,1-3H3. The molecule has 0 heterocycles. The molecule has 1 atom stereocenters. The van der Waals surface area contributed by atoms with Gasteiger partial charge in [-0.25, -0.2) is 0 Å². The van der Waals surface area contributed by atoms with E-state index in [0.717, 1.165) is 19.3 Å². The van der Waals surface area contributed by atoms with E-state index in [0.29, 0.717) is 6.54 Å². The summed E-state index contributed by atoms with van der Waals surface area (Å²) < 4.78 is 0. The first-order valence-corrected chi connectivity index (χ1v) is 4.87. The number of hydrogen-bond acceptors (Lipinski definition) is 2. The van der Waals surface area contributed by atoms with Crippen LogP contribution in [0.15, 0.2) is 0 Å². The van der Waals surface area contributed by atoms with Crippen molar-refractivity contribution in [1.29, 1.82) is 0 Å². The molecule has 0 radical (unpaired) electrons. The lowest BCUT2D eigenvalue weighted by Gasteiger charge is -2.35. The second kappa shape index (κ2) is 3.00. The Labute approximate surface area is 75.2 Å². The number of hydrogen-bond donors (Lipinski definition) is 2. The predicted octanol–water partition coefficient (Wildman–Crippen LogP) is 1.52. The molecule has 1 aliphatic rings. The van der Waals surface area contributed by atoms with Gasteiger partial charge in [0, 0.05) is 12.0 Å². The lowest BCUT2D eigenvalue weighted by Crippen LogP contribution is -2.40. The highest BCUT2D eigenvalue weighted by atomic mass is 16.3. The smallest absolute Gasteiger partial charge is 0.0659 e. The predicted molar refractivity (Wildman–Crippen MR) is 50.8 cm³/mol. The number of aliphatic hydroxyl groups is 1. The molecular weight excluding hydrogens is 150 g/mol. The van der Waals surface area contributed by atoms with Crippen molar-refractivity contribution in [3.8, 4) is 0 Å². The van der Waals surface area contributed by atoms with Gasteiger partial charge in [-0.05, 0) is 24.7 Å². The molecule has 3 N–H and O–H groups in total. The van der Waals surface area contributed by atoms with Gasteiger partial charge in [-0.15, -0.1) is 0 Å². The molecule has 0 aromatic heterocycles. The average molecular weight is 171 g/mol. The van der Waals surface area contributed by atoms with Crippen LogP contribution in [-0.2, 0) is 0 Å². The topological polar surface area (TPSA) is 46.2 Å². The zero-order valence-corrected chi connectivity index (χ0v) is 8.43. The van der Waals surface area contributed by atoms with Crippen molar-refractivity contribution in [2.45, 2.75) is 46.1 Å². The van der Waals surface area contributed by atoms with Crippen LogP contribution in [0.3, 0.4) is 0 Å². The Hall–Kier alpha value is -0.0800. The van der Waals surface area contributed by atoms with Crippen LogP contribution in [0.2, 0.25) is 0 Å². The Morgan fingerprint density at radius 1 is 1.50 bits per heavy atom. The van der Waals surface area contributed by atoms with Crippen LogP contribution in [0.25, 0.3) is 0 Å². The largest absolute Gasteiger partial charge is 0.392 e. The molecule has 2 heteroatoms. The average Bonchev–Trinajstić information content (AvgIpc) is 2.83. The normalized spacial score (nSPS) is 23.8. The number of rotatable bonds is 4. The van der Waals surface area contributed by atoms with E-state index in [2.05, 4.69) is 20.8 Å². The fourth-order valence-corrected chi connectivity index (χ4v) is 1.77. The summed E-state index contributed by atoms with van der Waals surface area (Å²) in [7, 11) is 0. The summed E-state index contributed by atoms with van der Waals surface area (Å²) in [6, 6.07) is 0. The van der Waals surface area contributed by atoms with E-state index in [1.807, 2.05) is 0 Å². The molecule has 2 nitrogen and oxygen atoms in total. The van der Waals surface area contributed by atoms with Gasteiger partial charge in [0.05, 0.1) is 6.10 Å². The highest BCUT2D eigenvalue weighted by molar-refractivity contribution is 5.03. The van der Waals surface area contributed by atoms with Crippen LogP contribution >= 0.6 is 0 Å². The molecule has 0 bridgehead atoms. The molecule has 1 unspecified atom stereocenters. The summed E-state index contributed by atoms with van der Waals surface area (Å²) in [6.07, 6.45) is 3.00. The fourth-order valence-electron chi connectivity index (χ4n) is 1.77. The molecule has 0 aliphatic heterocycles. The number of aliphatic hydroxyl groups excluding tert-OH is 1. The fraction of sp³-hybridized carbons (Fsp3) is 1.00. The molecule has 1 saturated carbocycles. The summed E-state index contributed by atoms with van der Waals surface area (Å²) in [5.41, 5.74) is 5.75. The highest BCUT2D eigenvalue weighted by Crippen LogP contribution is 2.53. The van der Waals surface area contributed by atoms with Gasteiger partial charge in [0.15, 0.2) is 0 Å². The minimum Gasteiger partial charge on any atom is -0.392 e. The molecule has 12 heavy (non-hydrogen) atoms. The third-order valence-corrected chi connectivity index (χ3v) is 3.53. The van der Waals surface area contributed by atoms with Crippen molar-refractivity contribution in [3.63, 3.8) is 0 Å². The van der Waals surface area contributed by atoms with Crippen molar-refractivity contribution in [1.82, 2.24) is 0 Å². The van der Waals surface area contributed by atoms with E-state index in [9.17, 15) is 5.11 Å². The minimum atomic E-state index is -0.222. The highest BCUT2D eigenvalue weighted by Gasteiger charge is 2.52. The molecule has 0 aromatic carbocycles. The lowest BCUT2D eigenvalue weighted by molar-refractivity contribution is -0.00966. The van der Waals surface area contributed by atoms with Crippen LogP contribution in [0.5, 0.6) is 0 Å². The van der Waals surface area contributed by atoms with Crippen LogP contribution < -0.4 is 5.73 Å². The van der Waals surface area contributed by atoms with Gasteiger partial charge >= 0.3 is 0 Å². The maximum absolute atomic E-state index is 10.1. The van der Waals surface area contributed by atoms with Gasteiger partial charge in [0.2, 0.25) is 0 Å². The molecule has 0 spiro atoms. The molecule has 0 aromatic rings. The van der Waals surface area contributed by atoms with E-state index >= 15 is 0 Å². The van der Waals surface area contributed by atoms with Gasteiger partial charge in [0.25, 0.3) is 0 Å². The minimum absolute atomic E-state index is 0.0237. The first-order valence-electron chi connectivity index (χ1n) is 4.87. The Morgan fingerprint density at radius 2 is 2.00 bits per heavy atom. The summed E-state index contributed by atoms with van der Waals surface area (Å²) in [6.45, 7) is 6.99. The molecule has 72 valence electrons. The SMILES string of the molecule is CCC(C)(C)C(O)C1(CN)CC1. The van der Waals surface area contributed by atoms with Gasteiger partial charge < -0.3 is 10.8 Å². The second-order valence-electron chi connectivity index (χ2n) is 4.81. The third kappa shape index (κ3) is 1.50. The zero-order valence-electron chi connectivity index (χ0n) is 8.43. The second-order valence-corrected chi connectivity index (χ2v) is 4.81. The third-order valence-electron chi connectivity index (χ3n) is 3.53. The van der Waals surface area contributed by atoms with Crippen LogP contribution in [0.4, 0.5) is 0 Å². The van der Waals surface area contributed by atoms with E-state index in [1.165, 1.54) is 0 Å². The molecule has 1 rings (SSSR count). The van der Waals surface area contributed by atoms with Gasteiger partial charge in [-0.3, -0.25) is 0 Å². The van der Waals surface area contributed by atoms with Crippen LogP contribution in [0, 0.1) is 10.8 Å². The summed E-state index contributed by atoms with van der Waals surface area (Å²) in [4.78, 5) is 0. The molecule has 1 fully saturated rings. The Bertz CT molecular complexity index is 155. The van der Waals surface area contributed by atoms with Crippen molar-refractivity contribution < 1.29 is 5.11 Å². The maximum Gasteiger partial charge on any atom is 0.0659 e. The maximum atomic E-state index is 10.1. The summed E-state index contributed by atoms with van der Waals surface area (Å²) in [5, 5.41) is 10.1. The van der Waals surface area contributed by atoms with E-state index in [4.69, 9.17) is 5.73 Å². The van der Waals surface area contributed by atoms with E-state index in [-0.39, 0.29) is 16.9 Å². The molecule has 0 amide bonds. The lowest BCUT2D eigenvalue weighted by atomic mass is 9.76. The van der Waals surface area contributed by atoms with Crippen molar-refractivity contribution >= 4 is 0 Å². The Kier molecular flexibility index (Phi) is 2.50. The molecule has 0 saturated heterocycles. The van der Waals surface area contributed by atoms with Crippen molar-refractivity contribution in [3.05, 3.63) is 0 Å². The number of nitrogens with two attached hydrogens (primary N) is 1. The summed E-state index contributed by atoms with van der Waals surface area (Å²) >= 11 is 0. The van der Waals surface area contributed by atoms with Gasteiger partial charge in [-0.1, -0.05) is 20.8 Å². The molecular formula is C10H21NO. The van der Waals surface area contributed by atoms with Crippen molar-refractivity contribution in [2.24, 2.45) is 16.6 Å². The zero-order chi connectivity index (χ0) is 9.41. The first kappa shape index (κ1) is 10.0. The van der Waals surface area contributed by atoms with Crippen molar-refractivity contribution in [2.75, 3.05) is 6.54 Å². The quantitative estimate of drug-likeness (QED) is 0.673. The monoisotopic (exact) mass is 171 g/mol.